The third-order valence-corrected chi connectivity index (χ3v) is 3.71. The van der Waals surface area contributed by atoms with Crippen molar-refractivity contribution in [2.24, 2.45) is 0 Å². The normalized spacial score (nSPS) is 11.8. The average Bonchev–Trinajstić information content (AvgIpc) is 3.10. The number of ether oxygens (including phenoxy) is 3. The lowest BCUT2D eigenvalue weighted by molar-refractivity contribution is 0.102. The maximum Gasteiger partial charge on any atom is 0.255 e. The molecule has 1 heterocycles. The second-order valence-corrected chi connectivity index (χ2v) is 5.47. The van der Waals surface area contributed by atoms with E-state index in [9.17, 15) is 4.79 Å². The van der Waals surface area contributed by atoms with E-state index in [0.717, 1.165) is 5.75 Å². The minimum atomic E-state index is -0.227. The van der Waals surface area contributed by atoms with Gasteiger partial charge in [0.1, 0.15) is 11.5 Å². The van der Waals surface area contributed by atoms with Crippen LogP contribution in [0.3, 0.4) is 0 Å². The van der Waals surface area contributed by atoms with Gasteiger partial charge in [-0.2, -0.15) is 0 Å². The monoisotopic (exact) mass is 333 g/mol. The summed E-state index contributed by atoms with van der Waals surface area (Å²) in [6.07, 6.45) is 0. The number of anilines is 1. The van der Waals surface area contributed by atoms with E-state index in [4.69, 9.17) is 14.2 Å². The second-order valence-electron chi connectivity index (χ2n) is 5.47. The van der Waals surface area contributed by atoms with Crippen molar-refractivity contribution >= 4 is 11.6 Å². The standard InChI is InChI=1S/C20H15NO4/c22-20(14-9-10-18-19(11-14)24-13-23-18)21-15-5-4-8-17(12-15)25-16-6-2-1-3-7-16/h1-12H,13H2,(H,21,22). The van der Waals surface area contributed by atoms with Gasteiger partial charge in [0.25, 0.3) is 5.91 Å². The van der Waals surface area contributed by atoms with Crippen LogP contribution >= 0.6 is 0 Å². The molecule has 0 radical (unpaired) electrons. The molecule has 3 aromatic carbocycles. The highest BCUT2D eigenvalue weighted by molar-refractivity contribution is 6.04. The molecule has 0 aliphatic carbocycles. The van der Waals surface area contributed by atoms with Gasteiger partial charge in [-0.25, -0.2) is 0 Å². The van der Waals surface area contributed by atoms with Gasteiger partial charge in [-0.05, 0) is 42.5 Å². The fourth-order valence-corrected chi connectivity index (χ4v) is 2.50. The summed E-state index contributed by atoms with van der Waals surface area (Å²) in [6, 6.07) is 21.8. The Balaban J connectivity index is 1.49. The zero-order valence-corrected chi connectivity index (χ0v) is 13.3. The van der Waals surface area contributed by atoms with Crippen molar-refractivity contribution in [3.63, 3.8) is 0 Å². The van der Waals surface area contributed by atoms with Crippen molar-refractivity contribution < 1.29 is 19.0 Å². The topological polar surface area (TPSA) is 56.8 Å². The molecule has 124 valence electrons. The third kappa shape index (κ3) is 3.40. The fourth-order valence-electron chi connectivity index (χ4n) is 2.50. The molecule has 3 aromatic rings. The molecule has 0 saturated heterocycles. The summed E-state index contributed by atoms with van der Waals surface area (Å²) in [5.74, 6) is 2.38. The fraction of sp³-hybridized carbons (Fsp3) is 0.0500. The van der Waals surface area contributed by atoms with E-state index < -0.39 is 0 Å². The summed E-state index contributed by atoms with van der Waals surface area (Å²) in [4.78, 5) is 12.4. The number of rotatable bonds is 4. The predicted molar refractivity (Wildman–Crippen MR) is 93.5 cm³/mol. The van der Waals surface area contributed by atoms with Gasteiger partial charge < -0.3 is 19.5 Å². The van der Waals surface area contributed by atoms with Crippen LogP contribution in [0.5, 0.6) is 23.0 Å². The summed E-state index contributed by atoms with van der Waals surface area (Å²) in [5, 5.41) is 2.86. The van der Waals surface area contributed by atoms with Gasteiger partial charge in [0.05, 0.1) is 0 Å². The predicted octanol–water partition coefficient (Wildman–Crippen LogP) is 4.46. The summed E-state index contributed by atoms with van der Waals surface area (Å²) >= 11 is 0. The van der Waals surface area contributed by atoms with Crippen molar-refractivity contribution in [1.29, 1.82) is 0 Å². The van der Waals surface area contributed by atoms with Crippen LogP contribution < -0.4 is 19.5 Å². The van der Waals surface area contributed by atoms with E-state index in [1.165, 1.54) is 0 Å². The lowest BCUT2D eigenvalue weighted by Crippen LogP contribution is -2.11. The maximum atomic E-state index is 12.4. The SMILES string of the molecule is O=C(Nc1cccc(Oc2ccccc2)c1)c1ccc2c(c1)OCO2. The molecule has 0 aromatic heterocycles. The minimum absolute atomic E-state index is 0.180. The van der Waals surface area contributed by atoms with Gasteiger partial charge in [-0.15, -0.1) is 0 Å². The molecule has 1 aliphatic heterocycles. The number of nitrogens with one attached hydrogen (secondary N) is 1. The van der Waals surface area contributed by atoms with E-state index in [1.54, 1.807) is 24.3 Å². The molecule has 1 amide bonds. The molecule has 0 atom stereocenters. The molecular weight excluding hydrogens is 318 g/mol. The van der Waals surface area contributed by atoms with Gasteiger partial charge in [0.2, 0.25) is 6.79 Å². The Morgan fingerprint density at radius 3 is 2.52 bits per heavy atom. The number of fused-ring (bicyclic) bond motifs is 1. The number of carbonyl (C=O) groups excluding carboxylic acids is 1. The highest BCUT2D eigenvalue weighted by Crippen LogP contribution is 2.32. The van der Waals surface area contributed by atoms with Crippen LogP contribution in [0.4, 0.5) is 5.69 Å². The van der Waals surface area contributed by atoms with E-state index in [2.05, 4.69) is 5.32 Å². The van der Waals surface area contributed by atoms with Gasteiger partial charge in [-0.1, -0.05) is 24.3 Å². The molecule has 0 unspecified atom stereocenters. The quantitative estimate of drug-likeness (QED) is 0.766. The Kier molecular flexibility index (Phi) is 3.96. The number of benzene rings is 3. The van der Waals surface area contributed by atoms with Gasteiger partial charge >= 0.3 is 0 Å². The number of para-hydroxylation sites is 1. The summed E-state index contributed by atoms with van der Waals surface area (Å²) in [7, 11) is 0. The molecular formula is C20H15NO4. The van der Waals surface area contributed by atoms with E-state index in [1.807, 2.05) is 48.5 Å². The first kappa shape index (κ1) is 15.1. The molecule has 1 aliphatic rings. The first-order valence-corrected chi connectivity index (χ1v) is 7.82. The lowest BCUT2D eigenvalue weighted by atomic mass is 10.2. The number of hydrogen-bond donors (Lipinski definition) is 1. The number of carbonyl (C=O) groups is 1. The van der Waals surface area contributed by atoms with Crippen LogP contribution in [0.2, 0.25) is 0 Å². The van der Waals surface area contributed by atoms with Crippen molar-refractivity contribution in [2.75, 3.05) is 12.1 Å². The van der Waals surface area contributed by atoms with Crippen molar-refractivity contribution in [3.8, 4) is 23.0 Å². The maximum absolute atomic E-state index is 12.4. The highest BCUT2D eigenvalue weighted by Gasteiger charge is 2.16. The van der Waals surface area contributed by atoms with Crippen LogP contribution in [0.15, 0.2) is 72.8 Å². The summed E-state index contributed by atoms with van der Waals surface area (Å²) in [5.41, 5.74) is 1.15. The Bertz CT molecular complexity index is 909. The van der Waals surface area contributed by atoms with Crippen molar-refractivity contribution in [1.82, 2.24) is 0 Å². The minimum Gasteiger partial charge on any atom is -0.457 e. The molecule has 0 fully saturated rings. The first-order chi connectivity index (χ1) is 12.3. The average molecular weight is 333 g/mol. The van der Waals surface area contributed by atoms with Gasteiger partial charge in [0, 0.05) is 17.3 Å². The second kappa shape index (κ2) is 6.57. The summed E-state index contributed by atoms with van der Waals surface area (Å²) in [6.45, 7) is 0.180. The molecule has 5 nitrogen and oxygen atoms in total. The van der Waals surface area contributed by atoms with Crippen LogP contribution in [-0.2, 0) is 0 Å². The number of amides is 1. The van der Waals surface area contributed by atoms with Crippen molar-refractivity contribution in [3.05, 3.63) is 78.4 Å². The molecule has 1 N–H and O–H groups in total. The Morgan fingerprint density at radius 2 is 1.64 bits per heavy atom. The Labute approximate surface area is 144 Å². The largest absolute Gasteiger partial charge is 0.457 e. The summed E-state index contributed by atoms with van der Waals surface area (Å²) < 4.78 is 16.3. The molecule has 4 rings (SSSR count). The van der Waals surface area contributed by atoms with Gasteiger partial charge in [0.15, 0.2) is 11.5 Å². The lowest BCUT2D eigenvalue weighted by Gasteiger charge is -2.09. The van der Waals surface area contributed by atoms with Crippen LogP contribution in [0, 0.1) is 0 Å². The Morgan fingerprint density at radius 1 is 0.840 bits per heavy atom. The zero-order chi connectivity index (χ0) is 17.1. The van der Waals surface area contributed by atoms with Gasteiger partial charge in [-0.3, -0.25) is 4.79 Å². The van der Waals surface area contributed by atoms with Crippen LogP contribution in [0.1, 0.15) is 10.4 Å². The molecule has 25 heavy (non-hydrogen) atoms. The van der Waals surface area contributed by atoms with Crippen molar-refractivity contribution in [2.45, 2.75) is 0 Å². The van der Waals surface area contributed by atoms with E-state index >= 15 is 0 Å². The first-order valence-electron chi connectivity index (χ1n) is 7.82. The Hall–Kier alpha value is -3.47. The highest BCUT2D eigenvalue weighted by atomic mass is 16.7. The molecule has 0 spiro atoms. The van der Waals surface area contributed by atoms with Crippen LogP contribution in [0.25, 0.3) is 0 Å². The smallest absolute Gasteiger partial charge is 0.255 e. The number of hydrogen-bond acceptors (Lipinski definition) is 4. The molecule has 0 saturated carbocycles. The molecule has 5 heteroatoms. The van der Waals surface area contributed by atoms with Crippen LogP contribution in [-0.4, -0.2) is 12.7 Å². The van der Waals surface area contributed by atoms with E-state index in [0.29, 0.717) is 28.5 Å². The van der Waals surface area contributed by atoms with E-state index in [-0.39, 0.29) is 12.7 Å². The molecule has 0 bridgehead atoms. The zero-order valence-electron chi connectivity index (χ0n) is 13.3. The third-order valence-electron chi connectivity index (χ3n) is 3.71.